The van der Waals surface area contributed by atoms with Gasteiger partial charge in [-0.25, -0.2) is 0 Å². The van der Waals surface area contributed by atoms with Crippen LogP contribution in [-0.2, 0) is 4.79 Å². The van der Waals surface area contributed by atoms with Gasteiger partial charge in [0.1, 0.15) is 0 Å². The van der Waals surface area contributed by atoms with Crippen LogP contribution in [0.5, 0.6) is 0 Å². The quantitative estimate of drug-likeness (QED) is 0.816. The van der Waals surface area contributed by atoms with Crippen molar-refractivity contribution in [3.8, 4) is 0 Å². The molecular formula is C15H29N3O. The molecule has 2 rings (SSSR count). The molecule has 4 heteroatoms. The smallest absolute Gasteiger partial charge is 0.230 e. The first kappa shape index (κ1) is 14.8. The summed E-state index contributed by atoms with van der Waals surface area (Å²) in [5, 5.41) is 3.39. The average molecular weight is 267 g/mol. The number of nitrogens with zero attached hydrogens (tertiary/aromatic N) is 2. The van der Waals surface area contributed by atoms with Crippen LogP contribution < -0.4 is 5.32 Å². The van der Waals surface area contributed by atoms with Gasteiger partial charge in [0.05, 0.1) is 5.41 Å². The van der Waals surface area contributed by atoms with Gasteiger partial charge >= 0.3 is 0 Å². The molecule has 2 heterocycles. The van der Waals surface area contributed by atoms with Crippen molar-refractivity contribution in [3.63, 3.8) is 0 Å². The molecule has 2 saturated heterocycles. The molecule has 0 aromatic heterocycles. The first-order valence-corrected chi connectivity index (χ1v) is 7.51. The summed E-state index contributed by atoms with van der Waals surface area (Å²) in [6.07, 6.45) is 0.982. The van der Waals surface area contributed by atoms with Gasteiger partial charge in [-0.1, -0.05) is 13.8 Å². The van der Waals surface area contributed by atoms with Crippen LogP contribution >= 0.6 is 0 Å². The first-order valence-electron chi connectivity index (χ1n) is 7.51. The molecule has 0 aromatic carbocycles. The molecule has 2 aliphatic heterocycles. The van der Waals surface area contributed by atoms with Crippen LogP contribution in [0.15, 0.2) is 0 Å². The minimum absolute atomic E-state index is 0.0815. The van der Waals surface area contributed by atoms with Crippen LogP contribution in [0.4, 0.5) is 0 Å². The minimum atomic E-state index is -0.175. The molecule has 4 nitrogen and oxygen atoms in total. The van der Waals surface area contributed by atoms with E-state index in [0.717, 1.165) is 39.1 Å². The van der Waals surface area contributed by atoms with E-state index in [1.54, 1.807) is 0 Å². The maximum Gasteiger partial charge on any atom is 0.230 e. The van der Waals surface area contributed by atoms with Gasteiger partial charge in [-0.3, -0.25) is 9.69 Å². The lowest BCUT2D eigenvalue weighted by molar-refractivity contribution is -0.148. The summed E-state index contributed by atoms with van der Waals surface area (Å²) in [5.41, 5.74) is -0.0932. The lowest BCUT2D eigenvalue weighted by Gasteiger charge is -2.48. The number of likely N-dealkylation sites (N-methyl/N-ethyl adjacent to an activating group) is 1. The molecule has 110 valence electrons. The zero-order valence-electron chi connectivity index (χ0n) is 13.1. The predicted octanol–water partition coefficient (Wildman–Crippen LogP) is 1.17. The number of piperazine rings is 1. The van der Waals surface area contributed by atoms with Gasteiger partial charge in [0.2, 0.25) is 5.91 Å². The average Bonchev–Trinajstić information content (AvgIpc) is 2.82. The van der Waals surface area contributed by atoms with Gasteiger partial charge in [0.25, 0.3) is 0 Å². The summed E-state index contributed by atoms with van der Waals surface area (Å²) in [6.45, 7) is 13.3. The Labute approximate surface area is 117 Å². The fourth-order valence-corrected chi connectivity index (χ4v) is 3.36. The topological polar surface area (TPSA) is 35.6 Å². The Morgan fingerprint density at radius 3 is 2.42 bits per heavy atom. The molecule has 1 amide bonds. The largest absolute Gasteiger partial charge is 0.339 e. The summed E-state index contributed by atoms with van der Waals surface area (Å²) in [5.74, 6) is 0.770. The van der Waals surface area contributed by atoms with E-state index in [4.69, 9.17) is 0 Å². The Hall–Kier alpha value is -0.610. The Morgan fingerprint density at radius 1 is 1.26 bits per heavy atom. The Kier molecular flexibility index (Phi) is 3.94. The minimum Gasteiger partial charge on any atom is -0.339 e. The second-order valence-electron chi connectivity index (χ2n) is 7.20. The van der Waals surface area contributed by atoms with Crippen molar-refractivity contribution in [2.75, 3.05) is 39.8 Å². The van der Waals surface area contributed by atoms with Crippen LogP contribution in [-0.4, -0.2) is 61.0 Å². The molecule has 0 spiro atoms. The van der Waals surface area contributed by atoms with Gasteiger partial charge in [-0.15, -0.1) is 0 Å². The third kappa shape index (κ3) is 2.52. The molecule has 0 aliphatic carbocycles. The van der Waals surface area contributed by atoms with E-state index in [2.05, 4.69) is 49.9 Å². The van der Waals surface area contributed by atoms with E-state index < -0.39 is 0 Å². The highest BCUT2D eigenvalue weighted by Crippen LogP contribution is 2.37. The van der Waals surface area contributed by atoms with Crippen molar-refractivity contribution in [3.05, 3.63) is 0 Å². The summed E-state index contributed by atoms with van der Waals surface area (Å²) in [4.78, 5) is 17.5. The van der Waals surface area contributed by atoms with Crippen molar-refractivity contribution < 1.29 is 4.79 Å². The zero-order chi connectivity index (χ0) is 14.3. The van der Waals surface area contributed by atoms with Gasteiger partial charge in [-0.2, -0.15) is 0 Å². The van der Waals surface area contributed by atoms with Crippen molar-refractivity contribution in [1.29, 1.82) is 0 Å². The van der Waals surface area contributed by atoms with Crippen LogP contribution in [0.25, 0.3) is 0 Å². The molecule has 1 atom stereocenters. The van der Waals surface area contributed by atoms with Crippen molar-refractivity contribution in [2.24, 2.45) is 11.3 Å². The molecule has 2 aliphatic rings. The predicted molar refractivity (Wildman–Crippen MR) is 78.0 cm³/mol. The Balaban J connectivity index is 2.15. The van der Waals surface area contributed by atoms with Crippen LogP contribution in [0, 0.1) is 11.3 Å². The summed E-state index contributed by atoms with van der Waals surface area (Å²) in [7, 11) is 2.15. The summed E-state index contributed by atoms with van der Waals surface area (Å²) >= 11 is 0. The first-order chi connectivity index (χ1) is 8.79. The molecular weight excluding hydrogens is 238 g/mol. The number of hydrogen-bond acceptors (Lipinski definition) is 3. The molecule has 19 heavy (non-hydrogen) atoms. The van der Waals surface area contributed by atoms with E-state index in [1.165, 1.54) is 0 Å². The highest BCUT2D eigenvalue weighted by Gasteiger charge is 2.47. The van der Waals surface area contributed by atoms with Crippen molar-refractivity contribution in [1.82, 2.24) is 15.1 Å². The van der Waals surface area contributed by atoms with Gasteiger partial charge in [0.15, 0.2) is 0 Å². The van der Waals surface area contributed by atoms with E-state index in [9.17, 15) is 4.79 Å². The maximum absolute atomic E-state index is 13.0. The number of nitrogens with one attached hydrogen (secondary N) is 1. The fraction of sp³-hybridized carbons (Fsp3) is 0.933. The molecule has 1 N–H and O–H groups in total. The van der Waals surface area contributed by atoms with E-state index in [0.29, 0.717) is 11.8 Å². The van der Waals surface area contributed by atoms with Crippen LogP contribution in [0.1, 0.15) is 34.1 Å². The number of carbonyl (C=O) groups is 1. The van der Waals surface area contributed by atoms with E-state index in [-0.39, 0.29) is 11.0 Å². The highest BCUT2D eigenvalue weighted by atomic mass is 16.2. The SMILES string of the molecule is CC(C)C1(C(=O)N2CCN(C)C(C)(C)C2)CCNC1. The second-order valence-corrected chi connectivity index (χ2v) is 7.20. The molecule has 0 aromatic rings. The van der Waals surface area contributed by atoms with Gasteiger partial charge in [-0.05, 0) is 39.8 Å². The zero-order valence-corrected chi connectivity index (χ0v) is 13.1. The van der Waals surface area contributed by atoms with Crippen molar-refractivity contribution >= 4 is 5.91 Å². The normalized spacial score (nSPS) is 32.0. The Bertz CT molecular complexity index is 345. The van der Waals surface area contributed by atoms with E-state index in [1.807, 2.05) is 0 Å². The third-order valence-corrected chi connectivity index (χ3v) is 5.32. The molecule has 0 bridgehead atoms. The lowest BCUT2D eigenvalue weighted by Crippen LogP contribution is -2.61. The molecule has 0 radical (unpaired) electrons. The third-order valence-electron chi connectivity index (χ3n) is 5.32. The number of hydrogen-bond donors (Lipinski definition) is 1. The molecule has 0 saturated carbocycles. The fourth-order valence-electron chi connectivity index (χ4n) is 3.36. The maximum atomic E-state index is 13.0. The summed E-state index contributed by atoms with van der Waals surface area (Å²) in [6, 6.07) is 0. The monoisotopic (exact) mass is 267 g/mol. The van der Waals surface area contributed by atoms with Crippen LogP contribution in [0.3, 0.4) is 0 Å². The molecule has 2 fully saturated rings. The van der Waals surface area contributed by atoms with E-state index >= 15 is 0 Å². The number of amides is 1. The highest BCUT2D eigenvalue weighted by molar-refractivity contribution is 5.84. The second kappa shape index (κ2) is 5.06. The Morgan fingerprint density at radius 2 is 1.95 bits per heavy atom. The van der Waals surface area contributed by atoms with Crippen molar-refractivity contribution in [2.45, 2.75) is 39.7 Å². The number of carbonyl (C=O) groups excluding carboxylic acids is 1. The summed E-state index contributed by atoms with van der Waals surface area (Å²) < 4.78 is 0. The van der Waals surface area contributed by atoms with Crippen LogP contribution in [0.2, 0.25) is 0 Å². The lowest BCUT2D eigenvalue weighted by atomic mass is 9.74. The number of rotatable bonds is 2. The molecule has 1 unspecified atom stereocenters. The van der Waals surface area contributed by atoms with Gasteiger partial charge in [0, 0.05) is 31.7 Å². The standard InChI is InChI=1S/C15H29N3O/c1-12(2)15(6-7-16-10-15)13(19)18-9-8-17(5)14(3,4)11-18/h12,16H,6-11H2,1-5H3. The van der Waals surface area contributed by atoms with Gasteiger partial charge < -0.3 is 10.2 Å².